The number of nitrogen functional groups attached to an aromatic ring is 4. The predicted molar refractivity (Wildman–Crippen MR) is 238 cm³/mol. The van der Waals surface area contributed by atoms with Gasteiger partial charge in [0.1, 0.15) is 0 Å². The number of hydrogen-bond acceptors (Lipinski definition) is 14. The lowest BCUT2D eigenvalue weighted by Gasteiger charge is -2.34. The second-order valence-corrected chi connectivity index (χ2v) is 11.8. The van der Waals surface area contributed by atoms with Crippen LogP contribution < -0.4 is 51.7 Å². The van der Waals surface area contributed by atoms with Crippen LogP contribution in [0.4, 0.5) is 45.5 Å². The average molecular weight is 815 g/mol. The summed E-state index contributed by atoms with van der Waals surface area (Å²) in [6, 6.07) is 29.2. The third kappa shape index (κ3) is 13.5. The van der Waals surface area contributed by atoms with Gasteiger partial charge in [-0.3, -0.25) is 20.2 Å². The highest BCUT2D eigenvalue weighted by Crippen LogP contribution is 2.40. The highest BCUT2D eigenvalue weighted by atomic mass is 17.0. The van der Waals surface area contributed by atoms with Crippen LogP contribution >= 0.6 is 0 Å². The SMILES string of the molecule is CC.CC.CCN(CC)c1ccc(N)c(OC(Oc2ccc([N+](=O)[O-])cc2N)(Oc2ccc([N+](=O)[O-])cc2N)Oc2cc(N(CC)CC)ccc2N)c1.c1ccccc1. The minimum atomic E-state index is -2.69. The van der Waals surface area contributed by atoms with Gasteiger partial charge in [-0.15, -0.1) is 0 Å². The molecule has 5 rings (SSSR count). The maximum atomic E-state index is 11.5. The molecule has 0 saturated heterocycles. The van der Waals surface area contributed by atoms with Crippen molar-refractivity contribution in [2.24, 2.45) is 0 Å². The third-order valence-electron chi connectivity index (χ3n) is 8.27. The molecule has 0 spiro atoms. The summed E-state index contributed by atoms with van der Waals surface area (Å²) < 4.78 is 25.4. The Morgan fingerprint density at radius 3 is 1.05 bits per heavy atom. The second-order valence-electron chi connectivity index (χ2n) is 11.8. The van der Waals surface area contributed by atoms with E-state index < -0.39 is 16.0 Å². The number of anilines is 6. The van der Waals surface area contributed by atoms with E-state index in [9.17, 15) is 20.2 Å². The Bertz CT molecular complexity index is 1900. The van der Waals surface area contributed by atoms with E-state index in [1.165, 1.54) is 24.3 Å². The number of hydrogen-bond donors (Lipinski definition) is 4. The van der Waals surface area contributed by atoms with Gasteiger partial charge in [-0.25, -0.2) is 0 Å². The Balaban J connectivity index is 0.00000107. The first-order valence-electron chi connectivity index (χ1n) is 19.5. The average Bonchev–Trinajstić information content (AvgIpc) is 3.24. The summed E-state index contributed by atoms with van der Waals surface area (Å²) in [5.74, 6) is -0.210. The van der Waals surface area contributed by atoms with Crippen LogP contribution in [-0.2, 0) is 0 Å². The van der Waals surface area contributed by atoms with Crippen LogP contribution in [0.2, 0.25) is 0 Å². The van der Waals surface area contributed by atoms with Crippen molar-refractivity contribution < 1.29 is 28.8 Å². The Morgan fingerprint density at radius 1 is 0.475 bits per heavy atom. The van der Waals surface area contributed by atoms with Gasteiger partial charge in [0, 0.05) is 74.0 Å². The summed E-state index contributed by atoms with van der Waals surface area (Å²) in [7, 11) is 0. The van der Waals surface area contributed by atoms with E-state index in [1.807, 2.05) is 114 Å². The smallest absolute Gasteiger partial charge is 0.396 e. The molecule has 0 fully saturated rings. The molecule has 0 amide bonds. The van der Waals surface area contributed by atoms with Gasteiger partial charge in [-0.1, -0.05) is 64.1 Å². The number of nitro groups is 2. The zero-order valence-electron chi connectivity index (χ0n) is 35.1. The monoisotopic (exact) mass is 814 g/mol. The number of ether oxygens (including phenoxy) is 4. The number of nitrogens with zero attached hydrogens (tertiary/aromatic N) is 4. The molecule has 0 saturated carbocycles. The summed E-state index contributed by atoms with van der Waals surface area (Å²) in [6.07, 6.45) is -2.69. The minimum Gasteiger partial charge on any atom is -0.396 e. The van der Waals surface area contributed by atoms with Crippen LogP contribution in [0.3, 0.4) is 0 Å². The molecule has 0 bridgehead atoms. The van der Waals surface area contributed by atoms with Crippen LogP contribution in [0.5, 0.6) is 23.0 Å². The van der Waals surface area contributed by atoms with Gasteiger partial charge in [0.15, 0.2) is 23.0 Å². The summed E-state index contributed by atoms with van der Waals surface area (Å²) in [6.45, 7) is 18.6. The number of benzene rings is 5. The Kier molecular flexibility index (Phi) is 19.4. The zero-order chi connectivity index (χ0) is 44.1. The molecule has 59 heavy (non-hydrogen) atoms. The van der Waals surface area contributed by atoms with E-state index in [2.05, 4.69) is 0 Å². The van der Waals surface area contributed by atoms with Crippen LogP contribution in [0.1, 0.15) is 55.4 Å². The summed E-state index contributed by atoms with van der Waals surface area (Å²) in [4.78, 5) is 25.8. The standard InChI is InChI=1S/C33H40N8O8.C6H6.2C2H6/c1-5-38(6-2)21-9-13-25(34)31(19-21)48-33(46-29-15-11-23(40(42)43)17-27(29)36,47-30-16-12-24(41(44)45)18-28(30)37)49-32-20-22(10-14-26(32)35)39(7-3)8-4;1-2-4-6-5-3-1;2*1-2/h9-20H,5-8,34-37H2,1-4H3;1-6H;2*1-2H3. The minimum absolute atomic E-state index is 0.0452. The van der Waals surface area contributed by atoms with Crippen molar-refractivity contribution in [1.82, 2.24) is 0 Å². The molecule has 0 unspecified atom stereocenters. The highest BCUT2D eigenvalue weighted by Gasteiger charge is 2.46. The molecule has 0 heterocycles. The molecule has 16 nitrogen and oxygen atoms in total. The van der Waals surface area contributed by atoms with Crippen LogP contribution in [0, 0.1) is 20.2 Å². The number of nitrogens with two attached hydrogens (primary N) is 4. The van der Waals surface area contributed by atoms with Gasteiger partial charge in [0.05, 0.1) is 32.6 Å². The molecule has 0 aromatic heterocycles. The van der Waals surface area contributed by atoms with E-state index in [1.54, 1.807) is 24.3 Å². The van der Waals surface area contributed by atoms with Gasteiger partial charge in [0.2, 0.25) is 0 Å². The van der Waals surface area contributed by atoms with Crippen molar-refractivity contribution in [3.8, 4) is 23.0 Å². The van der Waals surface area contributed by atoms with Gasteiger partial charge in [0.25, 0.3) is 11.4 Å². The first-order chi connectivity index (χ1) is 28.3. The Labute approximate surface area is 346 Å². The van der Waals surface area contributed by atoms with Gasteiger partial charge < -0.3 is 51.7 Å². The van der Waals surface area contributed by atoms with Crippen molar-refractivity contribution in [2.45, 2.75) is 61.5 Å². The zero-order valence-corrected chi connectivity index (χ0v) is 35.1. The number of non-ortho nitro benzene ring substituents is 2. The molecule has 16 heteroatoms. The predicted octanol–water partition coefficient (Wildman–Crippen LogP) is 9.49. The fraction of sp³-hybridized carbons (Fsp3) is 0.302. The van der Waals surface area contributed by atoms with Gasteiger partial charge >= 0.3 is 6.16 Å². The third-order valence-corrected chi connectivity index (χ3v) is 8.27. The fourth-order valence-electron chi connectivity index (χ4n) is 5.33. The van der Waals surface area contributed by atoms with Gasteiger partial charge in [-0.05, 0) is 64.1 Å². The second kappa shape index (κ2) is 23.8. The Hall–Kier alpha value is -7.10. The molecule has 0 radical (unpaired) electrons. The van der Waals surface area contributed by atoms with E-state index >= 15 is 0 Å². The van der Waals surface area contributed by atoms with E-state index in [0.29, 0.717) is 26.2 Å². The molecular formula is C43H58N8O8. The number of nitro benzene ring substituents is 2. The first kappa shape index (κ1) is 48.0. The van der Waals surface area contributed by atoms with E-state index in [4.69, 9.17) is 41.9 Å². The number of rotatable bonds is 16. The normalized spacial score (nSPS) is 10.2. The molecule has 8 N–H and O–H groups in total. The summed E-state index contributed by atoms with van der Waals surface area (Å²) in [5, 5.41) is 22.9. The molecule has 0 aliphatic rings. The van der Waals surface area contributed by atoms with E-state index in [-0.39, 0.29) is 57.1 Å². The highest BCUT2D eigenvalue weighted by molar-refractivity contribution is 5.65. The molecular weight excluding hydrogens is 757 g/mol. The van der Waals surface area contributed by atoms with Crippen molar-refractivity contribution >= 4 is 45.5 Å². The van der Waals surface area contributed by atoms with Crippen molar-refractivity contribution in [2.75, 3.05) is 58.9 Å². The lowest BCUT2D eigenvalue weighted by molar-refractivity contribution is -0.385. The van der Waals surface area contributed by atoms with Crippen LogP contribution in [0.25, 0.3) is 0 Å². The van der Waals surface area contributed by atoms with Gasteiger partial charge in [-0.2, -0.15) is 0 Å². The summed E-state index contributed by atoms with van der Waals surface area (Å²) in [5.41, 5.74) is 26.2. The van der Waals surface area contributed by atoms with Crippen LogP contribution in [0.15, 0.2) is 109 Å². The fourth-order valence-corrected chi connectivity index (χ4v) is 5.33. The molecule has 0 aliphatic carbocycles. The maximum Gasteiger partial charge on any atom is 0.611 e. The van der Waals surface area contributed by atoms with Crippen molar-refractivity contribution in [1.29, 1.82) is 0 Å². The maximum absolute atomic E-state index is 11.5. The topological polar surface area (TPSA) is 234 Å². The van der Waals surface area contributed by atoms with Crippen molar-refractivity contribution in [3.05, 3.63) is 129 Å². The molecule has 318 valence electrons. The van der Waals surface area contributed by atoms with E-state index in [0.717, 1.165) is 23.5 Å². The molecule has 5 aromatic rings. The lowest BCUT2D eigenvalue weighted by atomic mass is 10.2. The quantitative estimate of drug-likeness (QED) is 0.0314. The Morgan fingerprint density at radius 2 is 0.780 bits per heavy atom. The summed E-state index contributed by atoms with van der Waals surface area (Å²) >= 11 is 0. The molecule has 0 aliphatic heterocycles. The largest absolute Gasteiger partial charge is 0.611 e. The molecule has 5 aromatic carbocycles. The lowest BCUT2D eigenvalue weighted by Crippen LogP contribution is -2.54. The van der Waals surface area contributed by atoms with Crippen molar-refractivity contribution in [3.63, 3.8) is 0 Å². The van der Waals surface area contributed by atoms with Crippen LogP contribution in [-0.4, -0.2) is 42.2 Å². The molecule has 0 atom stereocenters. The first-order valence-corrected chi connectivity index (χ1v) is 19.5.